The zero-order valence-corrected chi connectivity index (χ0v) is 11.8. The Morgan fingerprint density at radius 2 is 1.81 bits per heavy atom. The van der Waals surface area contributed by atoms with Crippen LogP contribution in [0.3, 0.4) is 0 Å². The van der Waals surface area contributed by atoms with Crippen LogP contribution in [0.15, 0.2) is 24.3 Å². The number of rotatable bonds is 5. The number of hydrogen-bond donors (Lipinski definition) is 2. The number of hydrogen-bond acceptors (Lipinski definition) is 4. The number of carbonyl (C=O) groups is 2. The van der Waals surface area contributed by atoms with E-state index in [0.717, 1.165) is 31.6 Å². The second kappa shape index (κ2) is 7.29. The van der Waals surface area contributed by atoms with E-state index >= 15 is 0 Å². The Hall–Kier alpha value is -2.55. The summed E-state index contributed by atoms with van der Waals surface area (Å²) in [4.78, 5) is 25.2. The summed E-state index contributed by atoms with van der Waals surface area (Å²) in [5.41, 5.74) is 1.33. The summed E-state index contributed by atoms with van der Waals surface area (Å²) in [6.45, 7) is 1.73. The Bertz CT molecular complexity index is 542. The lowest BCUT2D eigenvalue weighted by Crippen LogP contribution is -2.40. The van der Waals surface area contributed by atoms with Gasteiger partial charge in [-0.3, -0.25) is 9.59 Å². The van der Waals surface area contributed by atoms with Crippen LogP contribution in [0.1, 0.15) is 18.4 Å². The maximum atomic E-state index is 11.8. The largest absolute Gasteiger partial charge is 0.376 e. The third-order valence-corrected chi connectivity index (χ3v) is 3.36. The van der Waals surface area contributed by atoms with Crippen molar-refractivity contribution in [3.8, 4) is 6.07 Å². The Kier molecular flexibility index (Phi) is 5.16. The van der Waals surface area contributed by atoms with Gasteiger partial charge in [-0.15, -0.1) is 0 Å². The molecule has 0 bridgehead atoms. The summed E-state index contributed by atoms with van der Waals surface area (Å²) >= 11 is 0. The highest BCUT2D eigenvalue weighted by Gasteiger charge is 2.17. The predicted molar refractivity (Wildman–Crippen MR) is 78.5 cm³/mol. The molecule has 0 saturated carbocycles. The third kappa shape index (κ3) is 4.49. The van der Waals surface area contributed by atoms with Crippen LogP contribution in [0, 0.1) is 11.3 Å². The molecule has 6 nitrogen and oxygen atoms in total. The summed E-state index contributed by atoms with van der Waals surface area (Å²) < 4.78 is 0. The molecule has 0 radical (unpaired) electrons. The van der Waals surface area contributed by atoms with E-state index in [2.05, 4.69) is 10.6 Å². The van der Waals surface area contributed by atoms with Crippen molar-refractivity contribution in [2.45, 2.75) is 12.8 Å². The van der Waals surface area contributed by atoms with E-state index in [4.69, 9.17) is 5.26 Å². The lowest BCUT2D eigenvalue weighted by molar-refractivity contribution is -0.131. The number of nitrogens with zero attached hydrogens (tertiary/aromatic N) is 2. The molecule has 1 heterocycles. The van der Waals surface area contributed by atoms with E-state index in [1.54, 1.807) is 29.2 Å². The van der Waals surface area contributed by atoms with Gasteiger partial charge in [-0.25, -0.2) is 0 Å². The molecule has 0 aliphatic carbocycles. The molecule has 1 aromatic carbocycles. The zero-order valence-electron chi connectivity index (χ0n) is 11.8. The third-order valence-electron chi connectivity index (χ3n) is 3.36. The van der Waals surface area contributed by atoms with E-state index in [-0.39, 0.29) is 24.9 Å². The number of carbonyl (C=O) groups excluding carboxylic acids is 2. The first kappa shape index (κ1) is 14.9. The lowest BCUT2D eigenvalue weighted by atomic mass is 10.2. The van der Waals surface area contributed by atoms with E-state index in [0.29, 0.717) is 5.56 Å². The smallest absolute Gasteiger partial charge is 0.241 e. The average molecular weight is 286 g/mol. The molecular formula is C15H18N4O2. The maximum Gasteiger partial charge on any atom is 0.241 e. The van der Waals surface area contributed by atoms with Gasteiger partial charge in [-0.1, -0.05) is 0 Å². The van der Waals surface area contributed by atoms with Crippen molar-refractivity contribution in [2.24, 2.45) is 0 Å². The van der Waals surface area contributed by atoms with Gasteiger partial charge in [0, 0.05) is 18.8 Å². The first-order chi connectivity index (χ1) is 10.2. The zero-order chi connectivity index (χ0) is 15.1. The number of anilines is 1. The predicted octanol–water partition coefficient (Wildman–Crippen LogP) is 0.709. The van der Waals surface area contributed by atoms with E-state index in [1.165, 1.54) is 0 Å². The van der Waals surface area contributed by atoms with Gasteiger partial charge in [0.15, 0.2) is 0 Å². The van der Waals surface area contributed by atoms with E-state index in [1.807, 2.05) is 6.07 Å². The molecule has 1 aliphatic rings. The molecular weight excluding hydrogens is 268 g/mol. The minimum absolute atomic E-state index is 0.0285. The van der Waals surface area contributed by atoms with Gasteiger partial charge >= 0.3 is 0 Å². The van der Waals surface area contributed by atoms with Crippen LogP contribution >= 0.6 is 0 Å². The summed E-state index contributed by atoms with van der Waals surface area (Å²) in [5.74, 6) is -0.258. The van der Waals surface area contributed by atoms with Crippen LogP contribution in [0.5, 0.6) is 0 Å². The number of benzene rings is 1. The Morgan fingerprint density at radius 3 is 2.43 bits per heavy atom. The molecule has 1 aliphatic heterocycles. The molecule has 1 saturated heterocycles. The van der Waals surface area contributed by atoms with Crippen LogP contribution in [0.4, 0.5) is 5.69 Å². The molecule has 0 unspecified atom stereocenters. The van der Waals surface area contributed by atoms with Crippen LogP contribution in [0.25, 0.3) is 0 Å². The number of nitriles is 1. The molecule has 1 fully saturated rings. The molecule has 1 aromatic rings. The summed E-state index contributed by atoms with van der Waals surface area (Å²) in [6, 6.07) is 8.86. The second-order valence-electron chi connectivity index (χ2n) is 4.91. The monoisotopic (exact) mass is 286 g/mol. The molecule has 0 spiro atoms. The molecule has 6 heteroatoms. The topological polar surface area (TPSA) is 85.2 Å². The van der Waals surface area contributed by atoms with Crippen LogP contribution in [-0.2, 0) is 9.59 Å². The van der Waals surface area contributed by atoms with Gasteiger partial charge in [0.1, 0.15) is 0 Å². The second-order valence-corrected chi connectivity index (χ2v) is 4.91. The Morgan fingerprint density at radius 1 is 1.14 bits per heavy atom. The highest BCUT2D eigenvalue weighted by Crippen LogP contribution is 2.08. The molecule has 2 N–H and O–H groups in total. The van der Waals surface area contributed by atoms with Crippen LogP contribution < -0.4 is 10.6 Å². The van der Waals surface area contributed by atoms with Crippen LogP contribution in [0.2, 0.25) is 0 Å². The van der Waals surface area contributed by atoms with Crippen molar-refractivity contribution in [1.29, 1.82) is 5.26 Å². The van der Waals surface area contributed by atoms with Gasteiger partial charge in [0.05, 0.1) is 24.7 Å². The number of nitrogens with one attached hydrogen (secondary N) is 2. The van der Waals surface area contributed by atoms with E-state index < -0.39 is 0 Å². The minimum Gasteiger partial charge on any atom is -0.376 e. The average Bonchev–Trinajstić information content (AvgIpc) is 3.05. The fourth-order valence-electron chi connectivity index (χ4n) is 2.16. The quantitative estimate of drug-likeness (QED) is 0.834. The van der Waals surface area contributed by atoms with Gasteiger partial charge in [0.25, 0.3) is 0 Å². The molecule has 0 aromatic heterocycles. The van der Waals surface area contributed by atoms with Crippen molar-refractivity contribution in [1.82, 2.24) is 10.2 Å². The van der Waals surface area contributed by atoms with Gasteiger partial charge in [0.2, 0.25) is 11.8 Å². The van der Waals surface area contributed by atoms with Gasteiger partial charge in [-0.2, -0.15) is 5.26 Å². The molecule has 2 amide bonds. The van der Waals surface area contributed by atoms with Crippen molar-refractivity contribution in [2.75, 3.05) is 31.5 Å². The van der Waals surface area contributed by atoms with Gasteiger partial charge < -0.3 is 15.5 Å². The van der Waals surface area contributed by atoms with Crippen molar-refractivity contribution >= 4 is 17.5 Å². The molecule has 110 valence electrons. The fourth-order valence-corrected chi connectivity index (χ4v) is 2.16. The van der Waals surface area contributed by atoms with E-state index in [9.17, 15) is 9.59 Å². The number of likely N-dealkylation sites (tertiary alicyclic amines) is 1. The number of amides is 2. The highest BCUT2D eigenvalue weighted by molar-refractivity contribution is 5.86. The minimum atomic E-state index is -0.230. The standard InChI is InChI=1S/C15H18N4O2/c16-9-12-3-5-13(6-4-12)17-10-14(20)18-11-15(21)19-7-1-2-8-19/h3-6,17H,1-2,7-8,10-11H2,(H,18,20). The SMILES string of the molecule is N#Cc1ccc(NCC(=O)NCC(=O)N2CCCC2)cc1. The first-order valence-electron chi connectivity index (χ1n) is 6.97. The lowest BCUT2D eigenvalue weighted by Gasteiger charge is -2.15. The Balaban J connectivity index is 1.69. The van der Waals surface area contributed by atoms with Crippen LogP contribution in [-0.4, -0.2) is 42.9 Å². The van der Waals surface area contributed by atoms with Crippen molar-refractivity contribution in [3.63, 3.8) is 0 Å². The van der Waals surface area contributed by atoms with Gasteiger partial charge in [-0.05, 0) is 37.1 Å². The normalized spacial score (nSPS) is 13.6. The summed E-state index contributed by atoms with van der Waals surface area (Å²) in [6.07, 6.45) is 2.08. The summed E-state index contributed by atoms with van der Waals surface area (Å²) in [5, 5.41) is 14.2. The molecule has 2 rings (SSSR count). The fraction of sp³-hybridized carbons (Fsp3) is 0.400. The highest BCUT2D eigenvalue weighted by atomic mass is 16.2. The maximum absolute atomic E-state index is 11.8. The summed E-state index contributed by atoms with van der Waals surface area (Å²) in [7, 11) is 0. The molecule has 21 heavy (non-hydrogen) atoms. The molecule has 0 atom stereocenters. The van der Waals surface area contributed by atoms with Crippen molar-refractivity contribution < 1.29 is 9.59 Å². The Labute approximate surface area is 123 Å². The first-order valence-corrected chi connectivity index (χ1v) is 6.97. The van der Waals surface area contributed by atoms with Crippen molar-refractivity contribution in [3.05, 3.63) is 29.8 Å².